The summed E-state index contributed by atoms with van der Waals surface area (Å²) in [7, 11) is 0. The number of rotatable bonds is 3. The number of nitrogens with one attached hydrogen (secondary N) is 1. The van der Waals surface area contributed by atoms with E-state index in [1.54, 1.807) is 0 Å². The van der Waals surface area contributed by atoms with Crippen molar-refractivity contribution >= 4 is 23.0 Å². The third kappa shape index (κ3) is 2.91. The van der Waals surface area contributed by atoms with Crippen molar-refractivity contribution in [1.82, 2.24) is 5.32 Å². The maximum absolute atomic E-state index is 6.35. The molecule has 0 aromatic heterocycles. The van der Waals surface area contributed by atoms with E-state index in [0.717, 1.165) is 30.2 Å². The Balaban J connectivity index is 1.61. The van der Waals surface area contributed by atoms with Gasteiger partial charge in [-0.05, 0) is 49.7 Å². The first-order chi connectivity index (χ1) is 11.3. The number of fused-ring (bicyclic) bond motifs is 1. The minimum atomic E-state index is 0.577. The van der Waals surface area contributed by atoms with Gasteiger partial charge in [0.15, 0.2) is 0 Å². The Morgan fingerprint density at radius 1 is 0.957 bits per heavy atom. The molecule has 2 aromatic rings. The van der Waals surface area contributed by atoms with Gasteiger partial charge in [0.1, 0.15) is 6.67 Å². The first-order valence-electron chi connectivity index (χ1n) is 8.26. The number of hydrogen-bond acceptors (Lipinski definition) is 3. The molecule has 0 saturated carbocycles. The van der Waals surface area contributed by atoms with E-state index in [-0.39, 0.29) is 0 Å². The van der Waals surface area contributed by atoms with Gasteiger partial charge in [-0.2, -0.15) is 0 Å². The second-order valence-corrected chi connectivity index (χ2v) is 6.62. The molecule has 2 heterocycles. The molecule has 1 N–H and O–H groups in total. The Morgan fingerprint density at radius 3 is 2.43 bits per heavy atom. The van der Waals surface area contributed by atoms with Gasteiger partial charge in [0.25, 0.3) is 0 Å². The fourth-order valence-electron chi connectivity index (χ4n) is 3.51. The van der Waals surface area contributed by atoms with Crippen molar-refractivity contribution in [2.45, 2.75) is 25.4 Å². The first kappa shape index (κ1) is 14.9. The highest BCUT2D eigenvalue weighted by atomic mass is 35.5. The van der Waals surface area contributed by atoms with Crippen molar-refractivity contribution in [3.05, 3.63) is 65.8 Å². The van der Waals surface area contributed by atoms with E-state index in [1.807, 2.05) is 18.2 Å². The molecule has 2 aliphatic rings. The Bertz CT molecular complexity index is 682. The fraction of sp³-hybridized carbons (Fsp3) is 0.316. The second-order valence-electron chi connectivity index (χ2n) is 6.21. The zero-order valence-corrected chi connectivity index (χ0v) is 13.8. The zero-order chi connectivity index (χ0) is 15.6. The van der Waals surface area contributed by atoms with Crippen LogP contribution in [0.1, 0.15) is 18.4 Å². The van der Waals surface area contributed by atoms with Crippen LogP contribution in [0.25, 0.3) is 0 Å². The molecule has 1 saturated heterocycles. The van der Waals surface area contributed by atoms with Crippen LogP contribution in [0.5, 0.6) is 0 Å². The van der Waals surface area contributed by atoms with Crippen LogP contribution >= 0.6 is 11.6 Å². The van der Waals surface area contributed by atoms with E-state index >= 15 is 0 Å². The third-order valence-corrected chi connectivity index (χ3v) is 5.10. The number of halogens is 1. The van der Waals surface area contributed by atoms with Gasteiger partial charge >= 0.3 is 0 Å². The average molecular weight is 327 g/mol. The molecule has 0 unspecified atom stereocenters. The molecule has 3 nitrogen and oxygen atoms in total. The lowest BCUT2D eigenvalue weighted by Gasteiger charge is -2.33. The number of benzene rings is 2. The molecular weight excluding hydrogens is 306 g/mol. The monoisotopic (exact) mass is 326 g/mol. The lowest BCUT2D eigenvalue weighted by Crippen LogP contribution is -2.42. The summed E-state index contributed by atoms with van der Waals surface area (Å²) in [6.45, 7) is 5.27. The molecule has 1 radical (unpaired) electrons. The number of piperidine rings is 1. The maximum Gasteiger partial charge on any atom is 0.142 e. The van der Waals surface area contributed by atoms with Gasteiger partial charge in [-0.3, -0.25) is 0 Å². The number of anilines is 2. The van der Waals surface area contributed by atoms with Crippen LogP contribution < -0.4 is 15.1 Å². The van der Waals surface area contributed by atoms with E-state index in [0.29, 0.717) is 6.04 Å². The topological polar surface area (TPSA) is 18.5 Å². The smallest absolute Gasteiger partial charge is 0.142 e. The molecule has 2 aromatic carbocycles. The molecule has 4 rings (SSSR count). The third-order valence-electron chi connectivity index (χ3n) is 4.73. The predicted octanol–water partition coefficient (Wildman–Crippen LogP) is 4.04. The largest absolute Gasteiger partial charge is 0.343 e. The molecule has 0 spiro atoms. The summed E-state index contributed by atoms with van der Waals surface area (Å²) in [5.41, 5.74) is 3.74. The van der Waals surface area contributed by atoms with E-state index in [9.17, 15) is 0 Å². The number of hydrogen-bond donors (Lipinski definition) is 1. The fourth-order valence-corrected chi connectivity index (χ4v) is 3.71. The number of nitrogens with zero attached hydrogens (tertiary/aromatic N) is 2. The lowest BCUT2D eigenvalue weighted by molar-refractivity contribution is 0.444. The Hall–Kier alpha value is -1.71. The standard InChI is InChI=1S/C19H21ClN3/c20-17-6-2-1-5-15(17)13-22-14-23(16-9-11-21-12-10-16)19-8-4-3-7-18(19)22/h1-8,14,16,21H,9-13H2. The summed E-state index contributed by atoms with van der Waals surface area (Å²) < 4.78 is 0. The highest BCUT2D eigenvalue weighted by molar-refractivity contribution is 6.31. The minimum absolute atomic E-state index is 0.577. The molecular formula is C19H21ClN3. The summed E-state index contributed by atoms with van der Waals surface area (Å²) in [5, 5.41) is 4.28. The van der Waals surface area contributed by atoms with Crippen LogP contribution in [-0.4, -0.2) is 19.1 Å². The molecule has 0 atom stereocenters. The Labute approximate surface area is 142 Å². The molecule has 0 aliphatic carbocycles. The van der Waals surface area contributed by atoms with Crippen LogP contribution in [0.2, 0.25) is 5.02 Å². The average Bonchev–Trinajstić information content (AvgIpc) is 2.97. The molecule has 4 heteroatoms. The van der Waals surface area contributed by atoms with Crippen LogP contribution in [0.15, 0.2) is 48.5 Å². The summed E-state index contributed by atoms with van der Waals surface area (Å²) in [6, 6.07) is 17.3. The van der Waals surface area contributed by atoms with Gasteiger partial charge in [-0.1, -0.05) is 41.9 Å². The summed E-state index contributed by atoms with van der Waals surface area (Å²) in [6.07, 6.45) is 2.37. The van der Waals surface area contributed by atoms with E-state index in [1.165, 1.54) is 24.2 Å². The number of para-hydroxylation sites is 2. The molecule has 0 amide bonds. The van der Waals surface area contributed by atoms with Gasteiger partial charge in [0, 0.05) is 17.6 Å². The summed E-state index contributed by atoms with van der Waals surface area (Å²) in [5.74, 6) is 0. The van der Waals surface area contributed by atoms with E-state index in [4.69, 9.17) is 11.6 Å². The Kier molecular flexibility index (Phi) is 4.15. The zero-order valence-electron chi connectivity index (χ0n) is 13.1. The van der Waals surface area contributed by atoms with E-state index < -0.39 is 0 Å². The normalized spacial score (nSPS) is 18.3. The molecule has 2 aliphatic heterocycles. The van der Waals surface area contributed by atoms with Crippen LogP contribution in [0.3, 0.4) is 0 Å². The van der Waals surface area contributed by atoms with Gasteiger partial charge in [0.05, 0.1) is 11.4 Å². The summed E-state index contributed by atoms with van der Waals surface area (Å²) in [4.78, 5) is 4.77. The Morgan fingerprint density at radius 2 is 1.65 bits per heavy atom. The molecule has 1 fully saturated rings. The van der Waals surface area contributed by atoms with Crippen molar-refractivity contribution < 1.29 is 0 Å². The van der Waals surface area contributed by atoms with Crippen molar-refractivity contribution in [2.24, 2.45) is 0 Å². The highest BCUT2D eigenvalue weighted by Crippen LogP contribution is 2.41. The maximum atomic E-state index is 6.35. The SMILES string of the molecule is Clc1ccccc1CN1[CH]N(C2CCNCC2)c2ccccc21. The predicted molar refractivity (Wildman–Crippen MR) is 96.7 cm³/mol. The van der Waals surface area contributed by atoms with Crippen LogP contribution in [-0.2, 0) is 6.54 Å². The van der Waals surface area contributed by atoms with Crippen molar-refractivity contribution in [3.63, 3.8) is 0 Å². The molecule has 23 heavy (non-hydrogen) atoms. The second kappa shape index (κ2) is 6.42. The van der Waals surface area contributed by atoms with Crippen LogP contribution in [0, 0.1) is 6.67 Å². The molecule has 0 bridgehead atoms. The molecule has 119 valence electrons. The quantitative estimate of drug-likeness (QED) is 0.918. The highest BCUT2D eigenvalue weighted by Gasteiger charge is 2.32. The van der Waals surface area contributed by atoms with Gasteiger partial charge in [-0.15, -0.1) is 0 Å². The van der Waals surface area contributed by atoms with Crippen molar-refractivity contribution in [2.75, 3.05) is 22.9 Å². The van der Waals surface area contributed by atoms with Crippen molar-refractivity contribution in [1.29, 1.82) is 0 Å². The minimum Gasteiger partial charge on any atom is -0.343 e. The lowest BCUT2D eigenvalue weighted by atomic mass is 10.0. The van der Waals surface area contributed by atoms with Gasteiger partial charge in [-0.25, -0.2) is 0 Å². The first-order valence-corrected chi connectivity index (χ1v) is 8.64. The van der Waals surface area contributed by atoms with Crippen LogP contribution in [0.4, 0.5) is 11.4 Å². The summed E-state index contributed by atoms with van der Waals surface area (Å²) >= 11 is 6.35. The van der Waals surface area contributed by atoms with Gasteiger partial charge in [0.2, 0.25) is 0 Å². The van der Waals surface area contributed by atoms with Crippen molar-refractivity contribution in [3.8, 4) is 0 Å². The van der Waals surface area contributed by atoms with E-state index in [2.05, 4.69) is 52.1 Å². The van der Waals surface area contributed by atoms with Gasteiger partial charge < -0.3 is 15.1 Å².